The zero-order valence-corrected chi connectivity index (χ0v) is 13.6. The van der Waals surface area contributed by atoms with Gasteiger partial charge < -0.3 is 14.5 Å². The summed E-state index contributed by atoms with van der Waals surface area (Å²) in [5, 5.41) is 1.98. The predicted octanol–water partition coefficient (Wildman–Crippen LogP) is 2.37. The third-order valence-electron chi connectivity index (χ3n) is 3.19. The molecule has 5 nitrogen and oxygen atoms in total. The number of rotatable bonds is 2. The summed E-state index contributed by atoms with van der Waals surface area (Å²) in [6, 6.07) is 3.92. The molecule has 0 aromatic carbocycles. The molecule has 1 fully saturated rings. The van der Waals surface area contributed by atoms with Gasteiger partial charge in [0.05, 0.1) is 6.42 Å². The van der Waals surface area contributed by atoms with Crippen LogP contribution in [-0.4, -0.2) is 53.6 Å². The molecule has 2 rings (SSSR count). The Balaban J connectivity index is 1.80. The summed E-state index contributed by atoms with van der Waals surface area (Å²) in [5.41, 5.74) is -0.483. The van der Waals surface area contributed by atoms with Crippen molar-refractivity contribution in [1.29, 1.82) is 0 Å². The minimum absolute atomic E-state index is 0.126. The third-order valence-corrected chi connectivity index (χ3v) is 4.07. The first-order valence-electron chi connectivity index (χ1n) is 7.13. The highest BCUT2D eigenvalue weighted by atomic mass is 32.1. The second kappa shape index (κ2) is 6.47. The summed E-state index contributed by atoms with van der Waals surface area (Å²) in [6.07, 6.45) is 0.150. The van der Waals surface area contributed by atoms with Crippen LogP contribution in [0, 0.1) is 0 Å². The van der Waals surface area contributed by atoms with Gasteiger partial charge in [0.15, 0.2) is 0 Å². The van der Waals surface area contributed by atoms with Gasteiger partial charge in [-0.3, -0.25) is 4.79 Å². The van der Waals surface area contributed by atoms with E-state index in [2.05, 4.69) is 0 Å². The first-order valence-corrected chi connectivity index (χ1v) is 8.01. The molecule has 0 N–H and O–H groups in total. The molecular formula is C15H22N2O3S. The molecule has 0 aliphatic carbocycles. The number of ether oxygens (including phenoxy) is 1. The van der Waals surface area contributed by atoms with Gasteiger partial charge in [-0.15, -0.1) is 11.3 Å². The lowest BCUT2D eigenvalue weighted by atomic mass is 10.2. The Morgan fingerprint density at radius 3 is 2.33 bits per heavy atom. The number of amides is 2. The minimum atomic E-state index is -0.483. The van der Waals surface area contributed by atoms with Crippen molar-refractivity contribution in [2.45, 2.75) is 32.8 Å². The van der Waals surface area contributed by atoms with Crippen molar-refractivity contribution in [3.63, 3.8) is 0 Å². The molecule has 0 radical (unpaired) electrons. The second-order valence-corrected chi connectivity index (χ2v) is 7.14. The molecule has 1 aliphatic rings. The summed E-state index contributed by atoms with van der Waals surface area (Å²) in [5.74, 6) is 0.126. The zero-order valence-electron chi connectivity index (χ0n) is 12.8. The maximum Gasteiger partial charge on any atom is 0.410 e. The molecule has 0 bridgehead atoms. The fourth-order valence-corrected chi connectivity index (χ4v) is 2.83. The first kappa shape index (κ1) is 15.8. The molecule has 2 heterocycles. The van der Waals surface area contributed by atoms with Crippen LogP contribution in [0.5, 0.6) is 0 Å². The van der Waals surface area contributed by atoms with Crippen molar-refractivity contribution in [2.24, 2.45) is 0 Å². The van der Waals surface area contributed by atoms with E-state index in [-0.39, 0.29) is 12.0 Å². The monoisotopic (exact) mass is 310 g/mol. The average molecular weight is 310 g/mol. The molecule has 1 aromatic heterocycles. The molecule has 21 heavy (non-hydrogen) atoms. The number of piperazine rings is 1. The fraction of sp³-hybridized carbons (Fsp3) is 0.600. The Morgan fingerprint density at radius 1 is 1.19 bits per heavy atom. The number of hydrogen-bond donors (Lipinski definition) is 0. The Hall–Kier alpha value is -1.56. The van der Waals surface area contributed by atoms with E-state index >= 15 is 0 Å². The summed E-state index contributed by atoms with van der Waals surface area (Å²) >= 11 is 1.60. The van der Waals surface area contributed by atoms with Gasteiger partial charge in [0.1, 0.15) is 5.60 Å². The van der Waals surface area contributed by atoms with Crippen molar-refractivity contribution in [3.05, 3.63) is 22.4 Å². The molecular weight excluding hydrogens is 288 g/mol. The summed E-state index contributed by atoms with van der Waals surface area (Å²) < 4.78 is 5.34. The summed E-state index contributed by atoms with van der Waals surface area (Å²) in [7, 11) is 0. The summed E-state index contributed by atoms with van der Waals surface area (Å²) in [4.78, 5) is 28.7. The molecule has 1 aliphatic heterocycles. The van der Waals surface area contributed by atoms with Gasteiger partial charge in [-0.05, 0) is 32.2 Å². The van der Waals surface area contributed by atoms with E-state index in [1.807, 2.05) is 43.2 Å². The SMILES string of the molecule is CC(C)(C)OC(=O)N1CCN(C(=O)Cc2cccs2)CC1. The predicted molar refractivity (Wildman–Crippen MR) is 82.4 cm³/mol. The van der Waals surface area contributed by atoms with Crippen LogP contribution in [-0.2, 0) is 16.0 Å². The molecule has 0 saturated carbocycles. The number of thiophene rings is 1. The van der Waals surface area contributed by atoms with Gasteiger partial charge in [0.25, 0.3) is 0 Å². The third kappa shape index (κ3) is 4.74. The number of carbonyl (C=O) groups excluding carboxylic acids is 2. The minimum Gasteiger partial charge on any atom is -0.444 e. The highest BCUT2D eigenvalue weighted by molar-refractivity contribution is 7.10. The number of carbonyl (C=O) groups is 2. The van der Waals surface area contributed by atoms with E-state index in [0.29, 0.717) is 32.6 Å². The molecule has 2 amide bonds. The average Bonchev–Trinajstić information content (AvgIpc) is 2.90. The normalized spacial score (nSPS) is 16.0. The largest absolute Gasteiger partial charge is 0.444 e. The number of nitrogens with zero attached hydrogens (tertiary/aromatic N) is 2. The molecule has 0 unspecified atom stereocenters. The van der Waals surface area contributed by atoms with Crippen LogP contribution in [0.15, 0.2) is 17.5 Å². The number of hydrogen-bond acceptors (Lipinski definition) is 4. The fourth-order valence-electron chi connectivity index (χ4n) is 2.14. The first-order chi connectivity index (χ1) is 9.85. The second-order valence-electron chi connectivity index (χ2n) is 6.10. The Labute approximate surface area is 129 Å². The van der Waals surface area contributed by atoms with Gasteiger partial charge in [-0.1, -0.05) is 6.07 Å². The van der Waals surface area contributed by atoms with Crippen molar-refractivity contribution >= 4 is 23.3 Å². The van der Waals surface area contributed by atoms with Crippen LogP contribution in [0.25, 0.3) is 0 Å². The van der Waals surface area contributed by atoms with Crippen LogP contribution < -0.4 is 0 Å². The van der Waals surface area contributed by atoms with Crippen LogP contribution in [0.1, 0.15) is 25.6 Å². The maximum atomic E-state index is 12.2. The highest BCUT2D eigenvalue weighted by Crippen LogP contribution is 2.14. The topological polar surface area (TPSA) is 49.9 Å². The van der Waals surface area contributed by atoms with Crippen LogP contribution >= 0.6 is 11.3 Å². The van der Waals surface area contributed by atoms with Gasteiger partial charge in [0.2, 0.25) is 5.91 Å². The van der Waals surface area contributed by atoms with Crippen LogP contribution in [0.2, 0.25) is 0 Å². The Kier molecular flexibility index (Phi) is 4.88. The molecule has 6 heteroatoms. The maximum absolute atomic E-state index is 12.2. The van der Waals surface area contributed by atoms with E-state index < -0.39 is 5.60 Å². The van der Waals surface area contributed by atoms with Gasteiger partial charge >= 0.3 is 6.09 Å². The van der Waals surface area contributed by atoms with Crippen molar-refractivity contribution in [3.8, 4) is 0 Å². The van der Waals surface area contributed by atoms with Crippen LogP contribution in [0.3, 0.4) is 0 Å². The molecule has 1 aromatic rings. The standard InChI is InChI=1S/C15H22N2O3S/c1-15(2,3)20-14(19)17-8-6-16(7-9-17)13(18)11-12-5-4-10-21-12/h4-5,10H,6-9,11H2,1-3H3. The van der Waals surface area contributed by atoms with Gasteiger partial charge in [-0.2, -0.15) is 0 Å². The van der Waals surface area contributed by atoms with Crippen molar-refractivity contribution < 1.29 is 14.3 Å². The van der Waals surface area contributed by atoms with Crippen molar-refractivity contribution in [2.75, 3.05) is 26.2 Å². The quantitative estimate of drug-likeness (QED) is 0.842. The van der Waals surface area contributed by atoms with E-state index in [0.717, 1.165) is 4.88 Å². The van der Waals surface area contributed by atoms with E-state index in [1.165, 1.54) is 0 Å². The molecule has 0 spiro atoms. The van der Waals surface area contributed by atoms with Crippen molar-refractivity contribution in [1.82, 2.24) is 9.80 Å². The van der Waals surface area contributed by atoms with Crippen LogP contribution in [0.4, 0.5) is 4.79 Å². The molecule has 1 saturated heterocycles. The van der Waals surface area contributed by atoms with E-state index in [1.54, 1.807) is 16.2 Å². The van der Waals surface area contributed by atoms with Gasteiger partial charge in [-0.25, -0.2) is 4.79 Å². The molecule has 116 valence electrons. The van der Waals surface area contributed by atoms with E-state index in [4.69, 9.17) is 4.74 Å². The summed E-state index contributed by atoms with van der Waals surface area (Å²) in [6.45, 7) is 7.77. The van der Waals surface area contributed by atoms with E-state index in [9.17, 15) is 9.59 Å². The molecule has 0 atom stereocenters. The Bertz CT molecular complexity index is 486. The smallest absolute Gasteiger partial charge is 0.410 e. The lowest BCUT2D eigenvalue weighted by Crippen LogP contribution is -2.51. The Morgan fingerprint density at radius 2 is 1.81 bits per heavy atom. The lowest BCUT2D eigenvalue weighted by Gasteiger charge is -2.35. The lowest BCUT2D eigenvalue weighted by molar-refractivity contribution is -0.132. The highest BCUT2D eigenvalue weighted by Gasteiger charge is 2.27. The van der Waals surface area contributed by atoms with Gasteiger partial charge in [0, 0.05) is 31.1 Å². The zero-order chi connectivity index (χ0) is 15.5.